The SMILES string of the molecule is CCOC(=O)C(C)(CCN(C)C(C)C)NC(C)C. The minimum absolute atomic E-state index is 0.157. The molecule has 4 nitrogen and oxygen atoms in total. The van der Waals surface area contributed by atoms with Gasteiger partial charge >= 0.3 is 5.97 Å². The van der Waals surface area contributed by atoms with E-state index in [1.165, 1.54) is 0 Å². The molecule has 0 amide bonds. The van der Waals surface area contributed by atoms with Crippen LogP contribution in [0, 0.1) is 0 Å². The predicted molar refractivity (Wildman–Crippen MR) is 75.7 cm³/mol. The van der Waals surface area contributed by atoms with Crippen molar-refractivity contribution in [3.63, 3.8) is 0 Å². The Morgan fingerprint density at radius 2 is 1.89 bits per heavy atom. The molecule has 0 fully saturated rings. The summed E-state index contributed by atoms with van der Waals surface area (Å²) in [6.45, 7) is 13.5. The summed E-state index contributed by atoms with van der Waals surface area (Å²) >= 11 is 0. The standard InChI is InChI=1S/C14H30N2O2/c1-8-18-13(17)14(6,15-11(2)3)9-10-16(7)12(4)5/h11-12,15H,8-10H2,1-7H3. The third-order valence-electron chi connectivity index (χ3n) is 3.18. The highest BCUT2D eigenvalue weighted by molar-refractivity contribution is 5.80. The fourth-order valence-electron chi connectivity index (χ4n) is 1.82. The van der Waals surface area contributed by atoms with Crippen molar-refractivity contribution in [2.45, 2.75) is 65.6 Å². The second-order valence-electron chi connectivity index (χ2n) is 5.68. The highest BCUT2D eigenvalue weighted by atomic mass is 16.5. The molecule has 0 heterocycles. The van der Waals surface area contributed by atoms with Gasteiger partial charge in [0.1, 0.15) is 5.54 Å². The van der Waals surface area contributed by atoms with E-state index < -0.39 is 5.54 Å². The lowest BCUT2D eigenvalue weighted by Crippen LogP contribution is -2.54. The summed E-state index contributed by atoms with van der Waals surface area (Å²) in [7, 11) is 2.08. The fraction of sp³-hybridized carbons (Fsp3) is 0.929. The summed E-state index contributed by atoms with van der Waals surface area (Å²) in [4.78, 5) is 14.3. The first-order valence-electron chi connectivity index (χ1n) is 6.88. The van der Waals surface area contributed by atoms with E-state index in [-0.39, 0.29) is 12.0 Å². The van der Waals surface area contributed by atoms with Gasteiger partial charge < -0.3 is 9.64 Å². The molecule has 0 rings (SSSR count). The van der Waals surface area contributed by atoms with E-state index in [9.17, 15) is 4.79 Å². The van der Waals surface area contributed by atoms with Gasteiger partial charge in [-0.15, -0.1) is 0 Å². The monoisotopic (exact) mass is 258 g/mol. The third kappa shape index (κ3) is 5.83. The smallest absolute Gasteiger partial charge is 0.326 e. The van der Waals surface area contributed by atoms with E-state index in [2.05, 4.69) is 31.1 Å². The maximum absolute atomic E-state index is 12.1. The highest BCUT2D eigenvalue weighted by Crippen LogP contribution is 2.15. The number of nitrogens with zero attached hydrogens (tertiary/aromatic N) is 1. The molecule has 0 bridgehead atoms. The molecule has 0 spiro atoms. The number of carbonyl (C=O) groups is 1. The largest absolute Gasteiger partial charge is 0.465 e. The van der Waals surface area contributed by atoms with Crippen molar-refractivity contribution in [3.8, 4) is 0 Å². The van der Waals surface area contributed by atoms with Gasteiger partial charge in [-0.1, -0.05) is 0 Å². The van der Waals surface area contributed by atoms with Crippen LogP contribution in [0.3, 0.4) is 0 Å². The van der Waals surface area contributed by atoms with Gasteiger partial charge in [0.2, 0.25) is 0 Å². The van der Waals surface area contributed by atoms with Gasteiger partial charge in [0.25, 0.3) is 0 Å². The predicted octanol–water partition coefficient (Wildman–Crippen LogP) is 2.04. The quantitative estimate of drug-likeness (QED) is 0.677. The summed E-state index contributed by atoms with van der Waals surface area (Å²) in [5.74, 6) is -0.157. The van der Waals surface area contributed by atoms with E-state index in [0.29, 0.717) is 12.6 Å². The Kier molecular flexibility index (Phi) is 7.48. The van der Waals surface area contributed by atoms with E-state index in [0.717, 1.165) is 13.0 Å². The average Bonchev–Trinajstić information content (AvgIpc) is 2.25. The van der Waals surface area contributed by atoms with Crippen LogP contribution in [0.15, 0.2) is 0 Å². The molecule has 0 radical (unpaired) electrons. The van der Waals surface area contributed by atoms with Crippen LogP contribution in [0.5, 0.6) is 0 Å². The van der Waals surface area contributed by atoms with Crippen molar-refractivity contribution >= 4 is 5.97 Å². The number of hydrogen-bond acceptors (Lipinski definition) is 4. The number of rotatable bonds is 8. The van der Waals surface area contributed by atoms with Crippen LogP contribution >= 0.6 is 0 Å². The molecule has 0 saturated carbocycles. The Morgan fingerprint density at radius 1 is 1.33 bits per heavy atom. The number of hydrogen-bond donors (Lipinski definition) is 1. The van der Waals surface area contributed by atoms with Gasteiger partial charge in [0, 0.05) is 18.6 Å². The first kappa shape index (κ1) is 17.4. The molecule has 0 aromatic heterocycles. The second-order valence-corrected chi connectivity index (χ2v) is 5.68. The van der Waals surface area contributed by atoms with Gasteiger partial charge in [-0.05, 0) is 55.0 Å². The van der Waals surface area contributed by atoms with Crippen LogP contribution in [0.4, 0.5) is 0 Å². The normalized spacial score (nSPS) is 15.2. The zero-order valence-electron chi connectivity index (χ0n) is 13.0. The molecule has 0 aliphatic carbocycles. The average molecular weight is 258 g/mol. The molecule has 1 atom stereocenters. The summed E-state index contributed by atoms with van der Waals surface area (Å²) < 4.78 is 5.18. The number of carbonyl (C=O) groups excluding carboxylic acids is 1. The molecule has 1 unspecified atom stereocenters. The Morgan fingerprint density at radius 3 is 2.28 bits per heavy atom. The number of nitrogens with one attached hydrogen (secondary N) is 1. The molecule has 18 heavy (non-hydrogen) atoms. The lowest BCUT2D eigenvalue weighted by Gasteiger charge is -2.33. The number of ether oxygens (including phenoxy) is 1. The summed E-state index contributed by atoms with van der Waals surface area (Å²) in [5, 5.41) is 3.33. The van der Waals surface area contributed by atoms with Crippen molar-refractivity contribution in [1.82, 2.24) is 10.2 Å². The van der Waals surface area contributed by atoms with Gasteiger partial charge in [0.05, 0.1) is 6.61 Å². The molecule has 0 aliphatic heterocycles. The molecule has 0 aliphatic rings. The van der Waals surface area contributed by atoms with Gasteiger partial charge in [-0.25, -0.2) is 0 Å². The molecule has 0 aromatic rings. The Hall–Kier alpha value is -0.610. The summed E-state index contributed by atoms with van der Waals surface area (Å²) in [6, 6.07) is 0.735. The van der Waals surface area contributed by atoms with Crippen LogP contribution < -0.4 is 5.32 Å². The second kappa shape index (κ2) is 7.74. The van der Waals surface area contributed by atoms with E-state index in [4.69, 9.17) is 4.74 Å². The van der Waals surface area contributed by atoms with Gasteiger partial charge in [0.15, 0.2) is 0 Å². The minimum atomic E-state index is -0.604. The fourth-order valence-corrected chi connectivity index (χ4v) is 1.82. The maximum atomic E-state index is 12.1. The van der Waals surface area contributed by atoms with Crippen molar-refractivity contribution in [1.29, 1.82) is 0 Å². The van der Waals surface area contributed by atoms with Crippen molar-refractivity contribution < 1.29 is 9.53 Å². The van der Waals surface area contributed by atoms with Crippen LogP contribution in [0.2, 0.25) is 0 Å². The zero-order chi connectivity index (χ0) is 14.3. The highest BCUT2D eigenvalue weighted by Gasteiger charge is 2.35. The summed E-state index contributed by atoms with van der Waals surface area (Å²) in [5.41, 5.74) is -0.604. The minimum Gasteiger partial charge on any atom is -0.465 e. The Labute approximate surface area is 112 Å². The van der Waals surface area contributed by atoms with Crippen molar-refractivity contribution in [2.75, 3.05) is 20.2 Å². The lowest BCUT2D eigenvalue weighted by molar-refractivity contribution is -0.151. The first-order chi connectivity index (χ1) is 8.23. The Bertz CT molecular complexity index is 254. The molecular weight excluding hydrogens is 228 g/mol. The molecule has 1 N–H and O–H groups in total. The first-order valence-corrected chi connectivity index (χ1v) is 6.88. The van der Waals surface area contributed by atoms with Crippen LogP contribution in [-0.4, -0.2) is 48.7 Å². The van der Waals surface area contributed by atoms with Crippen LogP contribution in [0.1, 0.15) is 48.0 Å². The van der Waals surface area contributed by atoms with Crippen LogP contribution in [-0.2, 0) is 9.53 Å². The lowest BCUT2D eigenvalue weighted by atomic mass is 9.96. The Balaban J connectivity index is 4.61. The topological polar surface area (TPSA) is 41.6 Å². The van der Waals surface area contributed by atoms with Crippen molar-refractivity contribution in [3.05, 3.63) is 0 Å². The van der Waals surface area contributed by atoms with Gasteiger partial charge in [-0.3, -0.25) is 10.1 Å². The number of esters is 1. The molecular formula is C14H30N2O2. The van der Waals surface area contributed by atoms with Crippen LogP contribution in [0.25, 0.3) is 0 Å². The molecule has 4 heteroatoms. The zero-order valence-corrected chi connectivity index (χ0v) is 13.0. The van der Waals surface area contributed by atoms with Gasteiger partial charge in [-0.2, -0.15) is 0 Å². The van der Waals surface area contributed by atoms with E-state index in [1.807, 2.05) is 27.7 Å². The summed E-state index contributed by atoms with van der Waals surface area (Å²) in [6.07, 6.45) is 0.749. The molecule has 108 valence electrons. The maximum Gasteiger partial charge on any atom is 0.326 e. The van der Waals surface area contributed by atoms with Crippen molar-refractivity contribution in [2.24, 2.45) is 0 Å². The molecule has 0 aromatic carbocycles. The van der Waals surface area contributed by atoms with E-state index in [1.54, 1.807) is 0 Å². The van der Waals surface area contributed by atoms with E-state index >= 15 is 0 Å². The molecule has 0 saturated heterocycles. The third-order valence-corrected chi connectivity index (χ3v) is 3.18.